The first-order valence-electron chi connectivity index (χ1n) is 10.5. The number of hydrogen-bond acceptors (Lipinski definition) is 3. The van der Waals surface area contributed by atoms with Gasteiger partial charge in [-0.05, 0) is 78.1 Å². The summed E-state index contributed by atoms with van der Waals surface area (Å²) in [6.07, 6.45) is 7.20. The lowest BCUT2D eigenvalue weighted by atomic mass is 9.63. The van der Waals surface area contributed by atoms with Crippen LogP contribution >= 0.6 is 15.9 Å². The second kappa shape index (κ2) is 6.27. The molecular formula is C24H22BrN3O2. The first-order valence-corrected chi connectivity index (χ1v) is 11.3. The zero-order valence-electron chi connectivity index (χ0n) is 16.8. The minimum absolute atomic E-state index is 0.120. The lowest BCUT2D eigenvalue weighted by molar-refractivity contribution is -0.140. The molecule has 6 heteroatoms. The monoisotopic (exact) mass is 463 g/mol. The van der Waals surface area contributed by atoms with Crippen molar-refractivity contribution in [2.75, 3.05) is 0 Å². The Balaban J connectivity index is 1.32. The van der Waals surface area contributed by atoms with Gasteiger partial charge in [-0.2, -0.15) is 10.1 Å². The molecule has 152 valence electrons. The molecule has 2 amide bonds. The molecule has 30 heavy (non-hydrogen) atoms. The third-order valence-corrected chi connectivity index (χ3v) is 8.19. The Morgan fingerprint density at radius 3 is 2.30 bits per heavy atom. The number of hydrazone groups is 1. The van der Waals surface area contributed by atoms with E-state index in [9.17, 15) is 9.59 Å². The predicted octanol–water partition coefficient (Wildman–Crippen LogP) is 4.24. The van der Waals surface area contributed by atoms with Crippen LogP contribution < -0.4 is 0 Å². The van der Waals surface area contributed by atoms with Crippen LogP contribution in [-0.4, -0.2) is 27.6 Å². The maximum absolute atomic E-state index is 13.1. The summed E-state index contributed by atoms with van der Waals surface area (Å²) in [5, 5.41) is 5.55. The van der Waals surface area contributed by atoms with Crippen LogP contribution in [0.1, 0.15) is 23.4 Å². The molecule has 5 aliphatic rings. The van der Waals surface area contributed by atoms with E-state index in [-0.39, 0.29) is 35.5 Å². The first kappa shape index (κ1) is 18.3. The third-order valence-electron chi connectivity index (χ3n) is 7.52. The van der Waals surface area contributed by atoms with Crippen LogP contribution in [0.5, 0.6) is 0 Å². The van der Waals surface area contributed by atoms with E-state index in [1.807, 2.05) is 38.1 Å². The summed E-state index contributed by atoms with van der Waals surface area (Å²) in [5.74, 6) is 0.998. The van der Waals surface area contributed by atoms with E-state index in [1.165, 1.54) is 6.42 Å². The largest absolute Gasteiger partial charge is 0.317 e. The second-order valence-corrected chi connectivity index (χ2v) is 9.86. The number of aryl methyl sites for hydroxylation is 1. The second-order valence-electron chi connectivity index (χ2n) is 9.00. The average molecular weight is 464 g/mol. The van der Waals surface area contributed by atoms with Crippen molar-refractivity contribution < 1.29 is 9.59 Å². The quantitative estimate of drug-likeness (QED) is 0.388. The van der Waals surface area contributed by atoms with Gasteiger partial charge in [-0.25, -0.2) is 0 Å². The third kappa shape index (κ3) is 2.37. The summed E-state index contributed by atoms with van der Waals surface area (Å²) in [6.45, 7) is 4.07. The number of nitrogens with zero attached hydrogens (tertiary/aromatic N) is 3. The number of rotatable bonds is 3. The number of benzene rings is 1. The number of imide groups is 1. The van der Waals surface area contributed by atoms with Gasteiger partial charge >= 0.3 is 0 Å². The number of carbonyl (C=O) groups is 2. The number of amides is 2. The van der Waals surface area contributed by atoms with Crippen molar-refractivity contribution in [3.05, 3.63) is 63.9 Å². The molecular weight excluding hydrogens is 442 g/mol. The molecule has 6 atom stereocenters. The lowest BCUT2D eigenvalue weighted by Crippen LogP contribution is -2.40. The van der Waals surface area contributed by atoms with Crippen LogP contribution in [-0.2, 0) is 9.59 Å². The number of hydrogen-bond donors (Lipinski definition) is 0. The minimum Gasteiger partial charge on any atom is -0.317 e. The molecule has 5 nitrogen and oxygen atoms in total. The molecule has 1 aliphatic heterocycles. The molecule has 1 saturated heterocycles. The highest BCUT2D eigenvalue weighted by atomic mass is 79.9. The number of allylic oxidation sites excluding steroid dienone is 2. The molecule has 0 N–H and O–H groups in total. The smallest absolute Gasteiger partial charge is 0.254 e. The highest BCUT2D eigenvalue weighted by Gasteiger charge is 2.67. The van der Waals surface area contributed by atoms with E-state index < -0.39 is 0 Å². The van der Waals surface area contributed by atoms with E-state index in [2.05, 4.69) is 43.8 Å². The zero-order chi connectivity index (χ0) is 20.7. The summed E-state index contributed by atoms with van der Waals surface area (Å²) < 4.78 is 3.15. The van der Waals surface area contributed by atoms with Gasteiger partial charge in [0.15, 0.2) is 0 Å². The molecule has 1 aromatic heterocycles. The van der Waals surface area contributed by atoms with Crippen molar-refractivity contribution in [1.29, 1.82) is 0 Å². The van der Waals surface area contributed by atoms with Gasteiger partial charge in [0.25, 0.3) is 11.8 Å². The molecule has 0 unspecified atom stereocenters. The normalized spacial score (nSPS) is 33.5. The topological polar surface area (TPSA) is 54.7 Å². The fraction of sp³-hybridized carbons (Fsp3) is 0.375. The van der Waals surface area contributed by atoms with Gasteiger partial charge in [-0.15, -0.1) is 0 Å². The summed E-state index contributed by atoms with van der Waals surface area (Å²) in [6, 6.07) is 10.1. The zero-order valence-corrected chi connectivity index (χ0v) is 18.4. The van der Waals surface area contributed by atoms with Gasteiger partial charge in [-0.3, -0.25) is 9.59 Å². The van der Waals surface area contributed by atoms with Crippen molar-refractivity contribution in [3.63, 3.8) is 0 Å². The van der Waals surface area contributed by atoms with Crippen molar-refractivity contribution in [3.8, 4) is 5.69 Å². The summed E-state index contributed by atoms with van der Waals surface area (Å²) in [4.78, 5) is 26.2. The highest BCUT2D eigenvalue weighted by Crippen LogP contribution is 2.65. The molecule has 2 bridgehead atoms. The first-order chi connectivity index (χ1) is 14.5. The summed E-state index contributed by atoms with van der Waals surface area (Å²) >= 11 is 3.62. The SMILES string of the molecule is Cc1cc(/C=N\N2C(=O)[C@@H]3[C@H]4C=C[C@@H]([C@@H]5C[C@H]45)[C@H]3C2=O)c(C)n1-c1ccccc1Br. The number of aromatic nitrogens is 1. The molecule has 2 saturated carbocycles. The van der Waals surface area contributed by atoms with E-state index in [0.717, 1.165) is 32.1 Å². The molecule has 0 spiro atoms. The number of carbonyl (C=O) groups excluding carboxylic acids is 2. The maximum Gasteiger partial charge on any atom is 0.254 e. The van der Waals surface area contributed by atoms with Crippen molar-refractivity contribution in [2.24, 2.45) is 40.6 Å². The molecule has 2 aromatic rings. The van der Waals surface area contributed by atoms with E-state index >= 15 is 0 Å². The molecule has 7 rings (SSSR count). The number of halogens is 1. The van der Waals surface area contributed by atoms with Gasteiger partial charge in [0.2, 0.25) is 0 Å². The van der Waals surface area contributed by atoms with Crippen LogP contribution in [0.4, 0.5) is 0 Å². The Bertz CT molecular complexity index is 1130. The van der Waals surface area contributed by atoms with Crippen LogP contribution in [0.15, 0.2) is 52.1 Å². The van der Waals surface area contributed by atoms with Crippen LogP contribution in [0.25, 0.3) is 5.69 Å². The molecule has 3 fully saturated rings. The summed E-state index contributed by atoms with van der Waals surface area (Å²) in [5.41, 5.74) is 4.04. The van der Waals surface area contributed by atoms with Crippen LogP contribution in [0.2, 0.25) is 0 Å². The van der Waals surface area contributed by atoms with Crippen molar-refractivity contribution in [1.82, 2.24) is 9.58 Å². The minimum atomic E-state index is -0.207. The van der Waals surface area contributed by atoms with Gasteiger partial charge in [0.05, 0.1) is 23.7 Å². The Morgan fingerprint density at radius 2 is 1.67 bits per heavy atom. The Labute approximate surface area is 183 Å². The molecule has 0 radical (unpaired) electrons. The van der Waals surface area contributed by atoms with Gasteiger partial charge in [0.1, 0.15) is 0 Å². The van der Waals surface area contributed by atoms with E-state index in [1.54, 1.807) is 6.21 Å². The van der Waals surface area contributed by atoms with Crippen LogP contribution in [0.3, 0.4) is 0 Å². The fourth-order valence-corrected chi connectivity index (χ4v) is 6.56. The Kier molecular flexibility index (Phi) is 3.82. The maximum atomic E-state index is 13.1. The van der Waals surface area contributed by atoms with Crippen molar-refractivity contribution in [2.45, 2.75) is 20.3 Å². The Hall–Kier alpha value is -2.47. The van der Waals surface area contributed by atoms with Gasteiger partial charge in [0, 0.05) is 21.4 Å². The molecule has 2 heterocycles. The molecule has 1 aromatic carbocycles. The fourth-order valence-electron chi connectivity index (χ4n) is 6.10. The summed E-state index contributed by atoms with van der Waals surface area (Å²) in [7, 11) is 0. The number of para-hydroxylation sites is 1. The van der Waals surface area contributed by atoms with Crippen LogP contribution in [0, 0.1) is 49.4 Å². The predicted molar refractivity (Wildman–Crippen MR) is 117 cm³/mol. The highest BCUT2D eigenvalue weighted by molar-refractivity contribution is 9.10. The van der Waals surface area contributed by atoms with Gasteiger partial charge < -0.3 is 4.57 Å². The van der Waals surface area contributed by atoms with Gasteiger partial charge in [-0.1, -0.05) is 24.3 Å². The lowest BCUT2D eigenvalue weighted by Gasteiger charge is -2.37. The Morgan fingerprint density at radius 1 is 1.03 bits per heavy atom. The van der Waals surface area contributed by atoms with E-state index in [0.29, 0.717) is 11.8 Å². The molecule has 4 aliphatic carbocycles. The average Bonchev–Trinajstić information content (AvgIpc) is 3.46. The van der Waals surface area contributed by atoms with Crippen molar-refractivity contribution >= 4 is 34.0 Å². The standard InChI is InChI=1S/C24H22BrN3O2/c1-12-9-14(13(2)27(12)20-6-4-3-5-19(20)25)11-26-28-23(29)21-15-7-8-16(18-10-17(15)18)22(21)24(28)30/h3-9,11,15-18,21-22H,10H2,1-2H3/b26-11-/t15-,16-,17-,18+,21+,22+/m0/s1. The van der Waals surface area contributed by atoms with E-state index in [4.69, 9.17) is 0 Å².